The summed E-state index contributed by atoms with van der Waals surface area (Å²) in [7, 11) is 0. The second kappa shape index (κ2) is 20.6. The number of aromatic amines is 1. The van der Waals surface area contributed by atoms with Gasteiger partial charge in [0.2, 0.25) is 0 Å². The summed E-state index contributed by atoms with van der Waals surface area (Å²) >= 11 is 1.86. The summed E-state index contributed by atoms with van der Waals surface area (Å²) in [5.41, 5.74) is 6.87. The smallest absolute Gasteiger partial charge is 0.0995 e. The maximum absolute atomic E-state index is 4.72. The van der Waals surface area contributed by atoms with Crippen molar-refractivity contribution >= 4 is 21.6 Å². The number of hydrogen-bond acceptors (Lipinski definition) is 6. The van der Waals surface area contributed by atoms with Gasteiger partial charge in [0.1, 0.15) is 0 Å². The van der Waals surface area contributed by atoms with Crippen LogP contribution in [-0.4, -0.2) is 67.6 Å². The van der Waals surface area contributed by atoms with E-state index in [1.54, 1.807) is 5.56 Å². The SMILES string of the molecule is CC.CC.CC.CC(C)N1CC(c2nc3ccccc3s2)C1.CC(C)N1CCc2ccccc2C1.CC(C)N1Cc2cn[nH]c2C1. The maximum Gasteiger partial charge on any atom is 0.0995 e. The molecule has 6 nitrogen and oxygen atoms in total. The van der Waals surface area contributed by atoms with Crippen LogP contribution < -0.4 is 0 Å². The lowest BCUT2D eigenvalue weighted by Crippen LogP contribution is -2.48. The van der Waals surface area contributed by atoms with Crippen LogP contribution in [0.15, 0.2) is 54.7 Å². The fourth-order valence-corrected chi connectivity index (χ4v) is 6.62. The highest BCUT2D eigenvalue weighted by molar-refractivity contribution is 7.18. The van der Waals surface area contributed by atoms with Crippen molar-refractivity contribution in [1.29, 1.82) is 0 Å². The Morgan fingerprint density at radius 1 is 0.674 bits per heavy atom. The Bertz CT molecular complexity index is 1310. The van der Waals surface area contributed by atoms with E-state index in [1.165, 1.54) is 52.6 Å². The van der Waals surface area contributed by atoms with Crippen LogP contribution in [0.5, 0.6) is 0 Å². The first kappa shape index (κ1) is 39.6. The van der Waals surface area contributed by atoms with Crippen LogP contribution in [0.4, 0.5) is 0 Å². The fraction of sp³-hybridized carbons (Fsp3) is 0.590. The quantitative estimate of drug-likeness (QED) is 0.239. The van der Waals surface area contributed by atoms with E-state index in [0.717, 1.165) is 25.2 Å². The molecule has 0 unspecified atom stereocenters. The number of nitrogens with zero attached hydrogens (tertiary/aromatic N) is 5. The molecule has 256 valence electrons. The number of H-pyrrole nitrogens is 1. The number of nitrogens with one attached hydrogen (secondary N) is 1. The molecule has 2 aromatic heterocycles. The average Bonchev–Trinajstić information content (AvgIpc) is 3.79. The zero-order valence-electron chi connectivity index (χ0n) is 31.1. The van der Waals surface area contributed by atoms with Crippen molar-refractivity contribution in [3.63, 3.8) is 0 Å². The molecule has 0 radical (unpaired) electrons. The number of likely N-dealkylation sites (tertiary alicyclic amines) is 1. The number of fused-ring (bicyclic) bond motifs is 3. The highest BCUT2D eigenvalue weighted by Crippen LogP contribution is 2.33. The maximum atomic E-state index is 4.72. The van der Waals surface area contributed by atoms with Gasteiger partial charge in [-0.3, -0.25) is 19.8 Å². The number of rotatable bonds is 4. The zero-order chi connectivity index (χ0) is 34.2. The van der Waals surface area contributed by atoms with Crippen molar-refractivity contribution in [3.05, 3.63) is 82.1 Å². The molecule has 2 aromatic carbocycles. The number of hydrogen-bond donors (Lipinski definition) is 1. The molecule has 0 aliphatic carbocycles. The first-order valence-corrected chi connectivity index (χ1v) is 18.8. The lowest BCUT2D eigenvalue weighted by Gasteiger charge is -2.41. The van der Waals surface area contributed by atoms with E-state index in [0.29, 0.717) is 24.0 Å². The lowest BCUT2D eigenvalue weighted by atomic mass is 9.99. The molecule has 0 bridgehead atoms. The van der Waals surface area contributed by atoms with Crippen molar-refractivity contribution in [2.24, 2.45) is 0 Å². The molecular formula is C39H64N6S. The van der Waals surface area contributed by atoms with Gasteiger partial charge in [0, 0.05) is 68.9 Å². The second-order valence-electron chi connectivity index (χ2n) is 12.2. The molecule has 46 heavy (non-hydrogen) atoms. The monoisotopic (exact) mass is 648 g/mol. The van der Waals surface area contributed by atoms with Gasteiger partial charge in [-0.25, -0.2) is 4.98 Å². The molecule has 0 amide bonds. The summed E-state index contributed by atoms with van der Waals surface area (Å²) in [4.78, 5) is 12.2. The van der Waals surface area contributed by atoms with Crippen LogP contribution in [-0.2, 0) is 26.1 Å². The van der Waals surface area contributed by atoms with Crippen molar-refractivity contribution in [3.8, 4) is 0 Å². The van der Waals surface area contributed by atoms with Crippen molar-refractivity contribution in [1.82, 2.24) is 29.9 Å². The predicted octanol–water partition coefficient (Wildman–Crippen LogP) is 9.77. The molecule has 1 N–H and O–H groups in total. The molecule has 0 atom stereocenters. The van der Waals surface area contributed by atoms with E-state index in [4.69, 9.17) is 4.98 Å². The third kappa shape index (κ3) is 11.0. The van der Waals surface area contributed by atoms with Gasteiger partial charge in [-0.15, -0.1) is 11.3 Å². The lowest BCUT2D eigenvalue weighted by molar-refractivity contribution is 0.110. The number of thiazole rings is 1. The van der Waals surface area contributed by atoms with E-state index < -0.39 is 0 Å². The van der Waals surface area contributed by atoms with Crippen molar-refractivity contribution in [2.45, 2.75) is 133 Å². The third-order valence-corrected chi connectivity index (χ3v) is 9.66. The van der Waals surface area contributed by atoms with Gasteiger partial charge in [-0.2, -0.15) is 5.10 Å². The summed E-state index contributed by atoms with van der Waals surface area (Å²) in [5.74, 6) is 0.666. The minimum absolute atomic E-state index is 0.635. The summed E-state index contributed by atoms with van der Waals surface area (Å²) < 4.78 is 1.32. The van der Waals surface area contributed by atoms with Gasteiger partial charge < -0.3 is 0 Å². The third-order valence-electron chi connectivity index (χ3n) is 8.46. The first-order chi connectivity index (χ1) is 22.3. The molecule has 0 saturated carbocycles. The largest absolute Gasteiger partial charge is 0.299 e. The molecule has 3 aliphatic rings. The summed E-state index contributed by atoms with van der Waals surface area (Å²) in [6.45, 7) is 32.3. The highest BCUT2D eigenvalue weighted by Gasteiger charge is 2.31. The van der Waals surface area contributed by atoms with Crippen LogP contribution in [0.25, 0.3) is 10.2 Å². The molecule has 1 saturated heterocycles. The minimum atomic E-state index is 0.635. The van der Waals surface area contributed by atoms with Crippen molar-refractivity contribution in [2.75, 3.05) is 19.6 Å². The molecule has 3 aliphatic heterocycles. The minimum Gasteiger partial charge on any atom is -0.299 e. The normalized spacial score (nSPS) is 15.9. The Morgan fingerprint density at radius 3 is 1.83 bits per heavy atom. The van der Waals surface area contributed by atoms with Crippen LogP contribution in [0, 0.1) is 0 Å². The Morgan fingerprint density at radius 2 is 1.24 bits per heavy atom. The van der Waals surface area contributed by atoms with Crippen LogP contribution >= 0.6 is 11.3 Å². The van der Waals surface area contributed by atoms with Gasteiger partial charge in [-0.1, -0.05) is 77.9 Å². The van der Waals surface area contributed by atoms with Gasteiger partial charge in [-0.05, 0) is 71.2 Å². The molecule has 0 spiro atoms. The number of benzene rings is 2. The van der Waals surface area contributed by atoms with Crippen LogP contribution in [0.2, 0.25) is 0 Å². The summed E-state index contributed by atoms with van der Waals surface area (Å²) in [6.07, 6.45) is 3.14. The molecule has 4 aromatic rings. The summed E-state index contributed by atoms with van der Waals surface area (Å²) in [6, 6.07) is 19.2. The highest BCUT2D eigenvalue weighted by atomic mass is 32.1. The summed E-state index contributed by atoms with van der Waals surface area (Å²) in [5, 5.41) is 8.31. The Labute approximate surface area is 285 Å². The topological polar surface area (TPSA) is 51.3 Å². The van der Waals surface area contributed by atoms with E-state index in [1.807, 2.05) is 59.1 Å². The van der Waals surface area contributed by atoms with E-state index >= 15 is 0 Å². The molecule has 7 rings (SSSR count). The number of para-hydroxylation sites is 1. The van der Waals surface area contributed by atoms with E-state index in [2.05, 4.69) is 115 Å². The van der Waals surface area contributed by atoms with Gasteiger partial charge in [0.05, 0.1) is 27.1 Å². The van der Waals surface area contributed by atoms with Crippen molar-refractivity contribution < 1.29 is 0 Å². The van der Waals surface area contributed by atoms with Gasteiger partial charge in [0.15, 0.2) is 0 Å². The fourth-order valence-electron chi connectivity index (χ4n) is 5.57. The van der Waals surface area contributed by atoms with Gasteiger partial charge >= 0.3 is 0 Å². The van der Waals surface area contributed by atoms with E-state index in [-0.39, 0.29) is 0 Å². The van der Waals surface area contributed by atoms with Gasteiger partial charge in [0.25, 0.3) is 0 Å². The van der Waals surface area contributed by atoms with Crippen LogP contribution in [0.1, 0.15) is 116 Å². The molecule has 7 heteroatoms. The Balaban J connectivity index is 0.000000225. The van der Waals surface area contributed by atoms with E-state index in [9.17, 15) is 0 Å². The first-order valence-electron chi connectivity index (χ1n) is 17.9. The zero-order valence-corrected chi connectivity index (χ0v) is 31.9. The average molecular weight is 649 g/mol. The predicted molar refractivity (Wildman–Crippen MR) is 202 cm³/mol. The second-order valence-corrected chi connectivity index (χ2v) is 13.3. The molecule has 1 fully saturated rings. The standard InChI is InChI=1S/C13H16N2S.C12H17N.C8H13N3.3C2H6/c1-9(2)15-7-10(8-15)13-14-11-5-3-4-6-12(11)16-13;1-10(2)13-8-7-11-5-3-4-6-12(11)9-13;1-6(2)11-4-7-3-9-10-8(7)5-11;3*1-2/h3-6,9-10H,7-8H2,1-2H3;3-6,10H,7-9H2,1-2H3;3,6H,4-5H2,1-2H3,(H,9,10);3*1-2H3. The Hall–Kier alpha value is -2.58. The molecular weight excluding hydrogens is 585 g/mol. The van der Waals surface area contributed by atoms with Crippen LogP contribution in [0.3, 0.4) is 0 Å². The Kier molecular flexibility index (Phi) is 17.7. The number of aromatic nitrogens is 3. The molecule has 5 heterocycles.